The second kappa shape index (κ2) is 5.47. The Balaban J connectivity index is 1.67. The van der Waals surface area contributed by atoms with Crippen molar-refractivity contribution in [3.05, 3.63) is 29.6 Å². The molecule has 1 aromatic carbocycles. The van der Waals surface area contributed by atoms with Crippen molar-refractivity contribution in [3.8, 4) is 0 Å². The summed E-state index contributed by atoms with van der Waals surface area (Å²) in [5.74, 6) is 0.790. The molecule has 0 bridgehead atoms. The van der Waals surface area contributed by atoms with Gasteiger partial charge in [0.2, 0.25) is 0 Å². The van der Waals surface area contributed by atoms with Crippen LogP contribution in [0.2, 0.25) is 0 Å². The lowest BCUT2D eigenvalue weighted by Gasteiger charge is -2.37. The molecule has 1 saturated carbocycles. The summed E-state index contributed by atoms with van der Waals surface area (Å²) in [7, 11) is 0. The average Bonchev–Trinajstić information content (AvgIpc) is 3.23. The normalized spacial score (nSPS) is 20.8. The quantitative estimate of drug-likeness (QED) is 0.899. The van der Waals surface area contributed by atoms with Crippen LogP contribution in [-0.4, -0.2) is 37.6 Å². The zero-order chi connectivity index (χ0) is 13.2. The summed E-state index contributed by atoms with van der Waals surface area (Å²) in [5, 5.41) is 0. The van der Waals surface area contributed by atoms with Crippen LogP contribution in [0, 0.1) is 11.7 Å². The molecule has 3 nitrogen and oxygen atoms in total. The number of rotatable bonds is 4. The minimum absolute atomic E-state index is 0.140. The molecule has 0 radical (unpaired) electrons. The summed E-state index contributed by atoms with van der Waals surface area (Å²) in [6.45, 7) is 5.51. The van der Waals surface area contributed by atoms with Crippen LogP contribution in [0.5, 0.6) is 0 Å². The number of halogens is 1. The van der Waals surface area contributed by atoms with Gasteiger partial charge in [-0.2, -0.15) is 0 Å². The van der Waals surface area contributed by atoms with Crippen LogP contribution in [0.4, 0.5) is 10.1 Å². The zero-order valence-corrected chi connectivity index (χ0v) is 11.3. The lowest BCUT2D eigenvalue weighted by atomic mass is 10.1. The summed E-state index contributed by atoms with van der Waals surface area (Å²) in [6.07, 6.45) is 2.79. The maximum absolute atomic E-state index is 14.0. The molecule has 0 atom stereocenters. The number of para-hydroxylation sites is 1. The predicted molar refractivity (Wildman–Crippen MR) is 75.7 cm³/mol. The Bertz CT molecular complexity index is 437. The largest absolute Gasteiger partial charge is 0.366 e. The van der Waals surface area contributed by atoms with Crippen LogP contribution >= 0.6 is 0 Å². The molecule has 104 valence electrons. The smallest absolute Gasteiger partial charge is 0.146 e. The van der Waals surface area contributed by atoms with E-state index in [1.807, 2.05) is 6.07 Å². The van der Waals surface area contributed by atoms with E-state index in [4.69, 9.17) is 5.73 Å². The van der Waals surface area contributed by atoms with Gasteiger partial charge in [-0.1, -0.05) is 12.1 Å². The van der Waals surface area contributed by atoms with Crippen LogP contribution in [-0.2, 0) is 6.54 Å². The predicted octanol–water partition coefficient (Wildman–Crippen LogP) is 1.82. The second-order valence-electron chi connectivity index (χ2n) is 5.68. The highest BCUT2D eigenvalue weighted by molar-refractivity contribution is 5.55. The van der Waals surface area contributed by atoms with Gasteiger partial charge in [0.25, 0.3) is 0 Å². The summed E-state index contributed by atoms with van der Waals surface area (Å²) < 4.78 is 14.0. The topological polar surface area (TPSA) is 32.5 Å². The molecule has 1 heterocycles. The Labute approximate surface area is 114 Å². The van der Waals surface area contributed by atoms with E-state index in [9.17, 15) is 4.39 Å². The highest BCUT2D eigenvalue weighted by Gasteiger charge is 2.27. The van der Waals surface area contributed by atoms with Gasteiger partial charge in [-0.05, 0) is 30.4 Å². The average molecular weight is 263 g/mol. The van der Waals surface area contributed by atoms with E-state index >= 15 is 0 Å². The van der Waals surface area contributed by atoms with Gasteiger partial charge in [-0.3, -0.25) is 4.90 Å². The van der Waals surface area contributed by atoms with Gasteiger partial charge in [0.05, 0.1) is 5.69 Å². The van der Waals surface area contributed by atoms with Crippen LogP contribution in [0.15, 0.2) is 18.2 Å². The first-order chi connectivity index (χ1) is 9.28. The molecule has 0 unspecified atom stereocenters. The van der Waals surface area contributed by atoms with Crippen LogP contribution in [0.1, 0.15) is 18.4 Å². The third kappa shape index (κ3) is 2.90. The molecule has 1 saturated heterocycles. The maximum Gasteiger partial charge on any atom is 0.146 e. The Kier molecular flexibility index (Phi) is 3.71. The van der Waals surface area contributed by atoms with Crippen molar-refractivity contribution < 1.29 is 4.39 Å². The minimum atomic E-state index is -0.140. The molecule has 1 aromatic rings. The number of piperazine rings is 1. The van der Waals surface area contributed by atoms with Crippen LogP contribution in [0.25, 0.3) is 0 Å². The van der Waals surface area contributed by atoms with Crippen molar-refractivity contribution in [2.45, 2.75) is 19.4 Å². The van der Waals surface area contributed by atoms with E-state index in [-0.39, 0.29) is 5.82 Å². The molecule has 0 spiro atoms. The van der Waals surface area contributed by atoms with Gasteiger partial charge in [0.1, 0.15) is 5.82 Å². The van der Waals surface area contributed by atoms with Gasteiger partial charge in [-0.25, -0.2) is 4.39 Å². The highest BCUT2D eigenvalue weighted by Crippen LogP contribution is 2.31. The Morgan fingerprint density at radius 1 is 1.16 bits per heavy atom. The first-order valence-corrected chi connectivity index (χ1v) is 7.22. The molecular formula is C15H22FN3. The number of hydrogen-bond acceptors (Lipinski definition) is 3. The van der Waals surface area contributed by atoms with Gasteiger partial charge in [-0.15, -0.1) is 0 Å². The van der Waals surface area contributed by atoms with Gasteiger partial charge >= 0.3 is 0 Å². The Morgan fingerprint density at radius 3 is 2.53 bits per heavy atom. The summed E-state index contributed by atoms with van der Waals surface area (Å²) in [6, 6.07) is 5.20. The van der Waals surface area contributed by atoms with Crippen LogP contribution < -0.4 is 10.6 Å². The molecule has 1 aliphatic heterocycles. The molecular weight excluding hydrogens is 241 g/mol. The van der Waals surface area contributed by atoms with Crippen molar-refractivity contribution >= 4 is 5.69 Å². The minimum Gasteiger partial charge on any atom is -0.366 e. The molecule has 2 aliphatic rings. The van der Waals surface area contributed by atoms with E-state index in [2.05, 4.69) is 9.80 Å². The van der Waals surface area contributed by atoms with Gasteiger partial charge < -0.3 is 10.6 Å². The fourth-order valence-electron chi connectivity index (χ4n) is 2.90. The number of nitrogens with two attached hydrogens (primary N) is 1. The van der Waals surface area contributed by atoms with Crippen molar-refractivity contribution in [1.82, 2.24) is 4.90 Å². The summed E-state index contributed by atoms with van der Waals surface area (Å²) in [5.41, 5.74) is 7.36. The van der Waals surface area contributed by atoms with Crippen molar-refractivity contribution in [2.75, 3.05) is 37.6 Å². The van der Waals surface area contributed by atoms with E-state index in [0.29, 0.717) is 6.54 Å². The SMILES string of the molecule is NCc1cccc(F)c1N1CCN(CC2CC2)CC1. The van der Waals surface area contributed by atoms with Crippen molar-refractivity contribution in [3.63, 3.8) is 0 Å². The lowest BCUT2D eigenvalue weighted by Crippen LogP contribution is -2.47. The zero-order valence-electron chi connectivity index (χ0n) is 11.3. The molecule has 19 heavy (non-hydrogen) atoms. The molecule has 3 rings (SSSR count). The van der Waals surface area contributed by atoms with Crippen molar-refractivity contribution in [1.29, 1.82) is 0 Å². The molecule has 1 aliphatic carbocycles. The number of hydrogen-bond donors (Lipinski definition) is 1. The number of nitrogens with zero attached hydrogens (tertiary/aromatic N) is 2. The van der Waals surface area contributed by atoms with Gasteiger partial charge in [0, 0.05) is 39.3 Å². The molecule has 4 heteroatoms. The molecule has 0 amide bonds. The first kappa shape index (κ1) is 12.9. The van der Waals surface area contributed by atoms with E-state index in [1.54, 1.807) is 6.07 Å². The van der Waals surface area contributed by atoms with E-state index in [1.165, 1.54) is 25.5 Å². The van der Waals surface area contributed by atoms with Crippen molar-refractivity contribution in [2.24, 2.45) is 11.7 Å². The Hall–Kier alpha value is -1.13. The maximum atomic E-state index is 14.0. The van der Waals surface area contributed by atoms with E-state index < -0.39 is 0 Å². The molecule has 2 fully saturated rings. The third-order valence-corrected chi connectivity index (χ3v) is 4.19. The number of anilines is 1. The fraction of sp³-hybridized carbons (Fsp3) is 0.600. The standard InChI is InChI=1S/C15H22FN3/c16-14-3-1-2-13(10-17)15(14)19-8-6-18(7-9-19)11-12-4-5-12/h1-3,12H,4-11,17H2. The summed E-state index contributed by atoms with van der Waals surface area (Å²) in [4.78, 5) is 4.66. The second-order valence-corrected chi connectivity index (χ2v) is 5.68. The lowest BCUT2D eigenvalue weighted by molar-refractivity contribution is 0.247. The molecule has 2 N–H and O–H groups in total. The number of benzene rings is 1. The van der Waals surface area contributed by atoms with E-state index in [0.717, 1.165) is 43.3 Å². The third-order valence-electron chi connectivity index (χ3n) is 4.19. The van der Waals surface area contributed by atoms with Gasteiger partial charge in [0.15, 0.2) is 0 Å². The summed E-state index contributed by atoms with van der Waals surface area (Å²) >= 11 is 0. The monoisotopic (exact) mass is 263 g/mol. The molecule has 0 aromatic heterocycles. The van der Waals surface area contributed by atoms with Crippen LogP contribution in [0.3, 0.4) is 0 Å². The fourth-order valence-corrected chi connectivity index (χ4v) is 2.90. The highest BCUT2D eigenvalue weighted by atomic mass is 19.1. The Morgan fingerprint density at radius 2 is 1.89 bits per heavy atom. The first-order valence-electron chi connectivity index (χ1n) is 7.22.